The van der Waals surface area contributed by atoms with Crippen LogP contribution in [0, 0.1) is 0 Å². The van der Waals surface area contributed by atoms with E-state index in [4.69, 9.17) is 0 Å². The number of hydrogen-bond donors (Lipinski definition) is 0. The molecule has 23 heavy (non-hydrogen) atoms. The van der Waals surface area contributed by atoms with Crippen molar-refractivity contribution in [2.45, 2.75) is 6.92 Å². The Morgan fingerprint density at radius 2 is 1.04 bits per heavy atom. The van der Waals surface area contributed by atoms with Crippen molar-refractivity contribution in [2.24, 2.45) is 0 Å². The Balaban J connectivity index is 0.000000336. The first-order chi connectivity index (χ1) is 10.3. The van der Waals surface area contributed by atoms with Gasteiger partial charge < -0.3 is 0 Å². The van der Waals surface area contributed by atoms with Crippen LogP contribution in [0.2, 0.25) is 0 Å². The monoisotopic (exact) mass is 420 g/mol. The van der Waals surface area contributed by atoms with Gasteiger partial charge in [-0.3, -0.25) is 0 Å². The Labute approximate surface area is 165 Å². The molecule has 0 heterocycles. The SMILES string of the molecule is C[CH]=[Zr+2].Cl.Cl.c1ccc2[cH-]ccc2c1.c1ccc2[cH-]ccc2c1. The van der Waals surface area contributed by atoms with Crippen LogP contribution in [0.5, 0.6) is 0 Å². The molecule has 0 N–H and O–H groups in total. The number of rotatable bonds is 0. The van der Waals surface area contributed by atoms with E-state index in [0.717, 1.165) is 0 Å². The Morgan fingerprint density at radius 3 is 1.39 bits per heavy atom. The number of hydrogen-bond acceptors (Lipinski definition) is 0. The van der Waals surface area contributed by atoms with Crippen LogP contribution in [0.15, 0.2) is 84.9 Å². The minimum absolute atomic E-state index is 0. The predicted molar refractivity (Wildman–Crippen MR) is 105 cm³/mol. The molecule has 3 heteroatoms. The molecule has 0 bridgehead atoms. The molecule has 0 atom stereocenters. The largest absolute Gasteiger partial charge is 0.168 e. The van der Waals surface area contributed by atoms with E-state index in [-0.39, 0.29) is 24.8 Å². The summed E-state index contributed by atoms with van der Waals surface area (Å²) >= 11 is 1.51. The summed E-state index contributed by atoms with van der Waals surface area (Å²) in [6, 6.07) is 29.3. The first-order valence-corrected chi connectivity index (χ1v) is 8.43. The molecule has 0 unspecified atom stereocenters. The normalized spacial score (nSPS) is 8.65. The Hall–Kier alpha value is -1.01. The summed E-state index contributed by atoms with van der Waals surface area (Å²) < 4.78 is 2.09. The molecule has 4 aromatic carbocycles. The zero-order valence-corrected chi connectivity index (χ0v) is 17.1. The molecule has 0 aliphatic rings. The van der Waals surface area contributed by atoms with Crippen LogP contribution in [-0.4, -0.2) is 3.71 Å². The molecule has 0 fully saturated rings. The van der Waals surface area contributed by atoms with Gasteiger partial charge in [0.25, 0.3) is 0 Å². The second-order valence-corrected chi connectivity index (χ2v) is 6.02. The summed E-state index contributed by atoms with van der Waals surface area (Å²) in [7, 11) is 0. The second-order valence-electron chi connectivity index (χ2n) is 4.60. The molecule has 4 aromatic rings. The molecule has 0 amide bonds. The third-order valence-electron chi connectivity index (χ3n) is 3.10. The van der Waals surface area contributed by atoms with E-state index in [1.807, 2.05) is 6.92 Å². The van der Waals surface area contributed by atoms with Crippen LogP contribution in [0.1, 0.15) is 6.92 Å². The molecule has 0 nitrogen and oxygen atoms in total. The summed E-state index contributed by atoms with van der Waals surface area (Å²) in [5.41, 5.74) is 0. The third kappa shape index (κ3) is 6.96. The number of benzene rings is 2. The van der Waals surface area contributed by atoms with E-state index < -0.39 is 0 Å². The smallest absolute Gasteiger partial charge is 0.0809 e. The summed E-state index contributed by atoms with van der Waals surface area (Å²) in [4.78, 5) is 0. The van der Waals surface area contributed by atoms with Crippen LogP contribution in [0.25, 0.3) is 21.5 Å². The van der Waals surface area contributed by atoms with Gasteiger partial charge in [-0.15, -0.1) is 84.1 Å². The maximum absolute atomic E-state index is 2.12. The summed E-state index contributed by atoms with van der Waals surface area (Å²) in [5, 5.41) is 5.32. The van der Waals surface area contributed by atoms with Crippen LogP contribution in [-0.2, 0) is 24.2 Å². The van der Waals surface area contributed by atoms with Crippen molar-refractivity contribution in [3.63, 3.8) is 0 Å². The van der Waals surface area contributed by atoms with Crippen LogP contribution in [0.3, 0.4) is 0 Å². The van der Waals surface area contributed by atoms with E-state index in [9.17, 15) is 0 Å². The number of halogens is 2. The van der Waals surface area contributed by atoms with Gasteiger partial charge in [-0.1, -0.05) is 12.1 Å². The zero-order valence-electron chi connectivity index (χ0n) is 13.0. The quantitative estimate of drug-likeness (QED) is 0.291. The van der Waals surface area contributed by atoms with E-state index in [1.165, 1.54) is 45.8 Å². The van der Waals surface area contributed by atoms with E-state index in [2.05, 4.69) is 88.6 Å². The summed E-state index contributed by atoms with van der Waals surface area (Å²) in [6.45, 7) is 2.04. The van der Waals surface area contributed by atoms with Crippen LogP contribution in [0.4, 0.5) is 0 Å². The van der Waals surface area contributed by atoms with Crippen molar-refractivity contribution in [1.29, 1.82) is 0 Å². The minimum atomic E-state index is 0. The van der Waals surface area contributed by atoms with E-state index >= 15 is 0 Å². The van der Waals surface area contributed by atoms with Crippen molar-refractivity contribution in [3.8, 4) is 0 Å². The molecule has 0 spiro atoms. The maximum atomic E-state index is 2.12. The first kappa shape index (κ1) is 22.0. The molecule has 0 radical (unpaired) electrons. The summed E-state index contributed by atoms with van der Waals surface area (Å²) in [6.07, 6.45) is 0. The molecule has 0 saturated heterocycles. The van der Waals surface area contributed by atoms with Crippen molar-refractivity contribution in [3.05, 3.63) is 84.9 Å². The van der Waals surface area contributed by atoms with Crippen LogP contribution < -0.4 is 0 Å². The van der Waals surface area contributed by atoms with Gasteiger partial charge in [0.05, 0.1) is 0 Å². The zero-order chi connectivity index (χ0) is 14.9. The van der Waals surface area contributed by atoms with E-state index in [1.54, 1.807) is 0 Å². The Bertz CT molecular complexity index is 673. The van der Waals surface area contributed by atoms with Gasteiger partial charge in [0.1, 0.15) is 0 Å². The van der Waals surface area contributed by atoms with Crippen LogP contribution >= 0.6 is 24.8 Å². The fourth-order valence-electron chi connectivity index (χ4n) is 2.14. The molecule has 0 aliphatic heterocycles. The Kier molecular flexibility index (Phi) is 11.9. The average molecular weight is 423 g/mol. The average Bonchev–Trinajstić information content (AvgIpc) is 3.17. The fourth-order valence-corrected chi connectivity index (χ4v) is 2.14. The van der Waals surface area contributed by atoms with Gasteiger partial charge in [0, 0.05) is 0 Å². The standard InChI is InChI=1S/2C9H7.C2H4.2ClH.Zr/c2*1-2-5-9-7-3-6-8(9)4-1;1-2;;;/h2*1-7H;1H,2H3;2*1H;/q2*-1;;;;+2. The second kappa shape index (κ2) is 12.4. The van der Waals surface area contributed by atoms with Gasteiger partial charge in [0.2, 0.25) is 0 Å². The fraction of sp³-hybridized carbons (Fsp3) is 0.0500. The minimum Gasteiger partial charge on any atom is -0.168 e. The van der Waals surface area contributed by atoms with Gasteiger partial charge in [-0.05, 0) is 0 Å². The molecule has 0 aliphatic carbocycles. The van der Waals surface area contributed by atoms with Crippen molar-refractivity contribution in [1.82, 2.24) is 0 Å². The number of fused-ring (bicyclic) bond motifs is 2. The van der Waals surface area contributed by atoms with E-state index in [0.29, 0.717) is 0 Å². The molecule has 4 rings (SSSR count). The summed E-state index contributed by atoms with van der Waals surface area (Å²) in [5.74, 6) is 0. The molecular formula is C20H20Cl2Zr. The molecule has 0 aromatic heterocycles. The van der Waals surface area contributed by atoms with Crippen molar-refractivity contribution in [2.75, 3.05) is 0 Å². The van der Waals surface area contributed by atoms with Gasteiger partial charge in [0.15, 0.2) is 0 Å². The molecule has 118 valence electrons. The van der Waals surface area contributed by atoms with Gasteiger partial charge >= 0.3 is 34.9 Å². The first-order valence-electron chi connectivity index (χ1n) is 7.01. The topological polar surface area (TPSA) is 0 Å². The van der Waals surface area contributed by atoms with Gasteiger partial charge in [-0.2, -0.15) is 35.0 Å². The predicted octanol–water partition coefficient (Wildman–Crippen LogP) is 6.32. The Morgan fingerprint density at radius 1 is 0.696 bits per heavy atom. The van der Waals surface area contributed by atoms with Crippen molar-refractivity contribution < 1.29 is 24.2 Å². The van der Waals surface area contributed by atoms with Crippen molar-refractivity contribution >= 4 is 50.1 Å². The molecule has 0 saturated carbocycles. The third-order valence-corrected chi connectivity index (χ3v) is 3.10. The maximum Gasteiger partial charge on any atom is -0.0809 e. The van der Waals surface area contributed by atoms with Gasteiger partial charge in [-0.25, -0.2) is 0 Å². The molecular weight excluding hydrogens is 402 g/mol.